The third-order valence-electron chi connectivity index (χ3n) is 8.10. The van der Waals surface area contributed by atoms with Gasteiger partial charge in [0.2, 0.25) is 0 Å². The molecular weight excluding hydrogens is 304 g/mol. The Kier molecular flexibility index (Phi) is 4.25. The lowest BCUT2D eigenvalue weighted by Gasteiger charge is -2.61. The first kappa shape index (κ1) is 17.8. The van der Waals surface area contributed by atoms with Crippen LogP contribution in [0.3, 0.4) is 0 Å². The maximum absolute atomic E-state index is 12.0. The Morgan fingerprint density at radius 3 is 2.33 bits per heavy atom. The summed E-state index contributed by atoms with van der Waals surface area (Å²) in [5.74, 6) is 0.0919. The molecule has 4 heteroatoms. The zero-order valence-electron chi connectivity index (χ0n) is 15.3. The van der Waals surface area contributed by atoms with Crippen LogP contribution < -0.4 is 0 Å². The van der Waals surface area contributed by atoms with Gasteiger partial charge in [0.15, 0.2) is 0 Å². The van der Waals surface area contributed by atoms with Crippen LogP contribution in [0, 0.1) is 34.0 Å². The van der Waals surface area contributed by atoms with Crippen LogP contribution in [0.1, 0.15) is 78.6 Å². The van der Waals surface area contributed by atoms with Crippen LogP contribution >= 0.6 is 0 Å². The van der Waals surface area contributed by atoms with E-state index in [1.54, 1.807) is 0 Å². The van der Waals surface area contributed by atoms with Crippen molar-refractivity contribution in [3.63, 3.8) is 0 Å². The van der Waals surface area contributed by atoms with Crippen LogP contribution in [0.4, 0.5) is 0 Å². The molecule has 0 saturated heterocycles. The lowest BCUT2D eigenvalue weighted by atomic mass is 9.43. The SMILES string of the molecule is CC1(CC(=O)O)CCC2C(CCC3C(C)(C(=O)O)CCCC23C)C1. The third kappa shape index (κ3) is 2.66. The first-order chi connectivity index (χ1) is 11.1. The van der Waals surface area contributed by atoms with Crippen molar-refractivity contribution >= 4 is 11.9 Å². The second-order valence-corrected chi connectivity index (χ2v) is 9.70. The molecule has 0 aliphatic heterocycles. The smallest absolute Gasteiger partial charge is 0.309 e. The summed E-state index contributed by atoms with van der Waals surface area (Å²) in [6.07, 6.45) is 8.30. The van der Waals surface area contributed by atoms with Crippen molar-refractivity contribution in [2.24, 2.45) is 34.0 Å². The van der Waals surface area contributed by atoms with E-state index in [0.717, 1.165) is 51.4 Å². The average molecular weight is 336 g/mol. The summed E-state index contributed by atoms with van der Waals surface area (Å²) in [5, 5.41) is 19.1. The molecule has 3 saturated carbocycles. The number of rotatable bonds is 3. The molecular formula is C20H32O4. The fraction of sp³-hybridized carbons (Fsp3) is 0.900. The molecule has 0 aromatic rings. The normalized spacial score (nSPS) is 48.2. The van der Waals surface area contributed by atoms with E-state index in [0.29, 0.717) is 11.8 Å². The standard InChI is InChI=1S/C20H32O4/c1-18(12-16(21)22)10-7-14-13(11-18)5-6-15-19(14,2)8-4-9-20(15,3)17(23)24/h13-15H,4-12H2,1-3H3,(H,21,22)(H,23,24). The van der Waals surface area contributed by atoms with E-state index in [1.807, 2.05) is 6.92 Å². The molecule has 6 atom stereocenters. The van der Waals surface area contributed by atoms with E-state index in [1.165, 1.54) is 0 Å². The molecule has 2 N–H and O–H groups in total. The molecule has 0 aromatic carbocycles. The van der Waals surface area contributed by atoms with Gasteiger partial charge in [-0.2, -0.15) is 0 Å². The van der Waals surface area contributed by atoms with Crippen LogP contribution in [-0.2, 0) is 9.59 Å². The molecule has 0 heterocycles. The summed E-state index contributed by atoms with van der Waals surface area (Å²) in [7, 11) is 0. The summed E-state index contributed by atoms with van der Waals surface area (Å²) in [5.41, 5.74) is -0.556. The van der Waals surface area contributed by atoms with Crippen molar-refractivity contribution < 1.29 is 19.8 Å². The number of carbonyl (C=O) groups is 2. The molecule has 6 unspecified atom stereocenters. The highest BCUT2D eigenvalue weighted by Crippen LogP contribution is 2.65. The van der Waals surface area contributed by atoms with Gasteiger partial charge in [-0.25, -0.2) is 0 Å². The maximum atomic E-state index is 12.0. The first-order valence-electron chi connectivity index (χ1n) is 9.56. The van der Waals surface area contributed by atoms with Crippen molar-refractivity contribution in [2.75, 3.05) is 0 Å². The van der Waals surface area contributed by atoms with Gasteiger partial charge in [0.05, 0.1) is 11.8 Å². The fourth-order valence-electron chi connectivity index (χ4n) is 6.96. The molecule has 3 rings (SSSR count). The maximum Gasteiger partial charge on any atom is 0.309 e. The fourth-order valence-corrected chi connectivity index (χ4v) is 6.96. The molecule has 3 aliphatic carbocycles. The second-order valence-electron chi connectivity index (χ2n) is 9.70. The zero-order chi connectivity index (χ0) is 17.8. The summed E-state index contributed by atoms with van der Waals surface area (Å²) in [4.78, 5) is 23.2. The van der Waals surface area contributed by atoms with E-state index in [9.17, 15) is 19.8 Å². The first-order valence-corrected chi connectivity index (χ1v) is 9.56. The van der Waals surface area contributed by atoms with Gasteiger partial charge in [-0.15, -0.1) is 0 Å². The predicted octanol–water partition coefficient (Wildman–Crippen LogP) is 4.57. The van der Waals surface area contributed by atoms with Gasteiger partial charge in [-0.05, 0) is 80.5 Å². The van der Waals surface area contributed by atoms with Gasteiger partial charge >= 0.3 is 11.9 Å². The number of fused-ring (bicyclic) bond motifs is 3. The Labute approximate surface area is 145 Å². The van der Waals surface area contributed by atoms with E-state index in [2.05, 4.69) is 13.8 Å². The highest BCUT2D eigenvalue weighted by Gasteiger charge is 2.60. The average Bonchev–Trinajstić information content (AvgIpc) is 2.45. The van der Waals surface area contributed by atoms with Gasteiger partial charge in [0.25, 0.3) is 0 Å². The third-order valence-corrected chi connectivity index (χ3v) is 8.10. The summed E-state index contributed by atoms with van der Waals surface area (Å²) in [6.45, 7) is 6.44. The Balaban J connectivity index is 1.84. The minimum absolute atomic E-state index is 0.0824. The Morgan fingerprint density at radius 2 is 1.71 bits per heavy atom. The summed E-state index contributed by atoms with van der Waals surface area (Å²) >= 11 is 0. The Bertz CT molecular complexity index is 544. The van der Waals surface area contributed by atoms with Gasteiger partial charge < -0.3 is 10.2 Å². The molecule has 0 bridgehead atoms. The summed E-state index contributed by atoms with van der Waals surface area (Å²) in [6, 6.07) is 0. The quantitative estimate of drug-likeness (QED) is 0.791. The van der Waals surface area contributed by atoms with E-state index in [-0.39, 0.29) is 23.2 Å². The highest BCUT2D eigenvalue weighted by molar-refractivity contribution is 5.75. The minimum atomic E-state index is -0.688. The topological polar surface area (TPSA) is 74.6 Å². The summed E-state index contributed by atoms with van der Waals surface area (Å²) < 4.78 is 0. The number of aliphatic carboxylic acids is 2. The molecule has 0 radical (unpaired) electrons. The van der Waals surface area contributed by atoms with Gasteiger partial charge in [0.1, 0.15) is 0 Å². The molecule has 3 aliphatic rings. The molecule has 4 nitrogen and oxygen atoms in total. The van der Waals surface area contributed by atoms with Gasteiger partial charge in [-0.1, -0.05) is 20.3 Å². The molecule has 136 valence electrons. The highest BCUT2D eigenvalue weighted by atomic mass is 16.4. The van der Waals surface area contributed by atoms with Crippen molar-refractivity contribution in [1.82, 2.24) is 0 Å². The molecule has 0 spiro atoms. The van der Waals surface area contributed by atoms with Gasteiger partial charge in [0, 0.05) is 0 Å². The van der Waals surface area contributed by atoms with Crippen LogP contribution in [-0.4, -0.2) is 22.2 Å². The lowest BCUT2D eigenvalue weighted by Crippen LogP contribution is -2.56. The van der Waals surface area contributed by atoms with E-state index >= 15 is 0 Å². The van der Waals surface area contributed by atoms with E-state index in [4.69, 9.17) is 0 Å². The Hall–Kier alpha value is -1.06. The molecule has 0 aromatic heterocycles. The van der Waals surface area contributed by atoms with Crippen molar-refractivity contribution in [3.05, 3.63) is 0 Å². The lowest BCUT2D eigenvalue weighted by molar-refractivity contribution is -0.175. The zero-order valence-corrected chi connectivity index (χ0v) is 15.3. The Morgan fingerprint density at radius 1 is 1.00 bits per heavy atom. The second kappa shape index (κ2) is 5.74. The van der Waals surface area contributed by atoms with Crippen LogP contribution in [0.2, 0.25) is 0 Å². The van der Waals surface area contributed by atoms with Gasteiger partial charge in [-0.3, -0.25) is 9.59 Å². The number of hydrogen-bond donors (Lipinski definition) is 2. The van der Waals surface area contributed by atoms with Crippen molar-refractivity contribution in [2.45, 2.75) is 78.6 Å². The van der Waals surface area contributed by atoms with Crippen LogP contribution in [0.15, 0.2) is 0 Å². The van der Waals surface area contributed by atoms with Crippen LogP contribution in [0.5, 0.6) is 0 Å². The van der Waals surface area contributed by atoms with Crippen LogP contribution in [0.25, 0.3) is 0 Å². The number of carboxylic acids is 2. The predicted molar refractivity (Wildman–Crippen MR) is 91.6 cm³/mol. The number of carboxylic acid groups (broad SMARTS) is 2. The minimum Gasteiger partial charge on any atom is -0.481 e. The van der Waals surface area contributed by atoms with Crippen molar-refractivity contribution in [1.29, 1.82) is 0 Å². The molecule has 24 heavy (non-hydrogen) atoms. The molecule has 0 amide bonds. The number of hydrogen-bond acceptors (Lipinski definition) is 2. The molecule has 3 fully saturated rings. The van der Waals surface area contributed by atoms with E-state index < -0.39 is 17.4 Å². The monoisotopic (exact) mass is 336 g/mol. The largest absolute Gasteiger partial charge is 0.481 e. The van der Waals surface area contributed by atoms with Crippen molar-refractivity contribution in [3.8, 4) is 0 Å².